The number of fused-ring (bicyclic) bond motifs is 1. The number of nitrogens with zero attached hydrogens (tertiary/aromatic N) is 5. The lowest BCUT2D eigenvalue weighted by Crippen LogP contribution is -2.20. The molecule has 0 amide bonds. The van der Waals surface area contributed by atoms with E-state index in [4.69, 9.17) is 5.26 Å². The molecule has 5 heteroatoms. The molecule has 2 heterocycles. The maximum atomic E-state index is 8.56. The van der Waals surface area contributed by atoms with Gasteiger partial charge < -0.3 is 4.90 Å². The number of hydrogen-bond acceptors (Lipinski definition) is 4. The third-order valence-corrected chi connectivity index (χ3v) is 2.41. The van der Waals surface area contributed by atoms with Gasteiger partial charge in [0.25, 0.3) is 0 Å². The number of rotatable bonds is 3. The second-order valence-corrected chi connectivity index (χ2v) is 3.70. The van der Waals surface area contributed by atoms with Crippen molar-refractivity contribution in [2.75, 3.05) is 18.5 Å². The van der Waals surface area contributed by atoms with Crippen molar-refractivity contribution in [2.45, 2.75) is 13.3 Å². The van der Waals surface area contributed by atoms with E-state index in [0.717, 1.165) is 17.0 Å². The van der Waals surface area contributed by atoms with Gasteiger partial charge in [0.2, 0.25) is 0 Å². The molecule has 2 aromatic heterocycles. The minimum Gasteiger partial charge on any atom is -0.357 e. The van der Waals surface area contributed by atoms with Gasteiger partial charge in [-0.05, 0) is 13.0 Å². The molecule has 0 aliphatic heterocycles. The third kappa shape index (κ3) is 1.82. The van der Waals surface area contributed by atoms with Crippen LogP contribution in [0.4, 0.5) is 5.82 Å². The highest BCUT2D eigenvalue weighted by Gasteiger charge is 2.09. The Balaban J connectivity index is 2.40. The molecule has 0 fully saturated rings. The van der Waals surface area contributed by atoms with E-state index in [1.165, 1.54) is 0 Å². The van der Waals surface area contributed by atoms with E-state index in [2.05, 4.69) is 16.2 Å². The molecule has 16 heavy (non-hydrogen) atoms. The lowest BCUT2D eigenvalue weighted by molar-refractivity contribution is 0.865. The Morgan fingerprint density at radius 1 is 1.56 bits per heavy atom. The highest BCUT2D eigenvalue weighted by molar-refractivity contribution is 5.68. The van der Waals surface area contributed by atoms with Crippen molar-refractivity contribution in [1.29, 1.82) is 5.26 Å². The van der Waals surface area contributed by atoms with Crippen LogP contribution < -0.4 is 4.90 Å². The first-order chi connectivity index (χ1) is 7.72. The molecule has 0 spiro atoms. The zero-order valence-corrected chi connectivity index (χ0v) is 9.38. The summed E-state index contributed by atoms with van der Waals surface area (Å²) in [5.41, 5.74) is 1.93. The predicted molar refractivity (Wildman–Crippen MR) is 61.2 cm³/mol. The molecule has 5 nitrogen and oxygen atoms in total. The summed E-state index contributed by atoms with van der Waals surface area (Å²) in [6.07, 6.45) is 4.04. The van der Waals surface area contributed by atoms with Crippen LogP contribution in [0.3, 0.4) is 0 Å². The van der Waals surface area contributed by atoms with Crippen LogP contribution in [0.25, 0.3) is 5.52 Å². The number of aryl methyl sites for hydroxylation is 1. The maximum absolute atomic E-state index is 8.56. The minimum atomic E-state index is 0.492. The van der Waals surface area contributed by atoms with Gasteiger partial charge in [-0.25, -0.2) is 9.50 Å². The summed E-state index contributed by atoms with van der Waals surface area (Å²) in [5.74, 6) is 0.860. The summed E-state index contributed by atoms with van der Waals surface area (Å²) < 4.78 is 1.81. The van der Waals surface area contributed by atoms with Crippen molar-refractivity contribution in [3.63, 3.8) is 0 Å². The van der Waals surface area contributed by atoms with E-state index < -0.39 is 0 Å². The van der Waals surface area contributed by atoms with Crippen molar-refractivity contribution in [1.82, 2.24) is 14.6 Å². The van der Waals surface area contributed by atoms with Gasteiger partial charge in [0.15, 0.2) is 5.82 Å². The summed E-state index contributed by atoms with van der Waals surface area (Å²) >= 11 is 0. The lowest BCUT2D eigenvalue weighted by Gasteiger charge is -2.16. The van der Waals surface area contributed by atoms with Gasteiger partial charge in [-0.2, -0.15) is 10.4 Å². The molecule has 0 saturated heterocycles. The van der Waals surface area contributed by atoms with Crippen molar-refractivity contribution < 1.29 is 0 Å². The zero-order valence-electron chi connectivity index (χ0n) is 9.38. The molecule has 0 radical (unpaired) electrons. The van der Waals surface area contributed by atoms with Gasteiger partial charge in [-0.3, -0.25) is 0 Å². The molecule has 0 atom stereocenters. The molecule has 0 aliphatic rings. The summed E-state index contributed by atoms with van der Waals surface area (Å²) in [5, 5.41) is 12.9. The molecular formula is C11H13N5. The molecule has 0 aromatic carbocycles. The van der Waals surface area contributed by atoms with Gasteiger partial charge in [0.1, 0.15) is 5.52 Å². The van der Waals surface area contributed by atoms with Gasteiger partial charge in [-0.1, -0.05) is 0 Å². The molecule has 0 N–H and O–H groups in total. The highest BCUT2D eigenvalue weighted by atomic mass is 15.3. The first-order valence-electron chi connectivity index (χ1n) is 5.11. The smallest absolute Gasteiger partial charge is 0.154 e. The standard InChI is InChI=1S/C11H13N5/c1-9-8-10-11(15(2)6-3-4-12)13-5-7-16(10)14-9/h5,7-8H,3,6H2,1-2H3. The topological polar surface area (TPSA) is 57.2 Å². The highest BCUT2D eigenvalue weighted by Crippen LogP contribution is 2.18. The van der Waals surface area contributed by atoms with Gasteiger partial charge in [0.05, 0.1) is 18.2 Å². The van der Waals surface area contributed by atoms with Gasteiger partial charge in [-0.15, -0.1) is 0 Å². The number of anilines is 1. The van der Waals surface area contributed by atoms with Crippen LogP contribution in [-0.2, 0) is 0 Å². The second-order valence-electron chi connectivity index (χ2n) is 3.70. The molecular weight excluding hydrogens is 202 g/mol. The lowest BCUT2D eigenvalue weighted by atomic mass is 10.3. The third-order valence-electron chi connectivity index (χ3n) is 2.41. The number of aromatic nitrogens is 3. The van der Waals surface area contributed by atoms with Crippen LogP contribution in [0.15, 0.2) is 18.5 Å². The molecule has 0 bridgehead atoms. The van der Waals surface area contributed by atoms with E-state index in [0.29, 0.717) is 13.0 Å². The van der Waals surface area contributed by atoms with E-state index in [-0.39, 0.29) is 0 Å². The van der Waals surface area contributed by atoms with E-state index >= 15 is 0 Å². The summed E-state index contributed by atoms with van der Waals surface area (Å²) in [6, 6.07) is 4.12. The average molecular weight is 215 g/mol. The zero-order chi connectivity index (χ0) is 11.5. The van der Waals surface area contributed by atoms with Gasteiger partial charge in [0, 0.05) is 26.0 Å². The first-order valence-corrected chi connectivity index (χ1v) is 5.11. The largest absolute Gasteiger partial charge is 0.357 e. The van der Waals surface area contributed by atoms with Crippen molar-refractivity contribution in [2.24, 2.45) is 0 Å². The predicted octanol–water partition coefficient (Wildman–Crippen LogP) is 1.39. The van der Waals surface area contributed by atoms with E-state index in [1.54, 1.807) is 10.7 Å². The molecule has 82 valence electrons. The van der Waals surface area contributed by atoms with Crippen LogP contribution in [0.2, 0.25) is 0 Å². The van der Waals surface area contributed by atoms with Crippen molar-refractivity contribution >= 4 is 11.3 Å². The molecule has 0 aliphatic carbocycles. The fraction of sp³-hybridized carbons (Fsp3) is 0.364. The maximum Gasteiger partial charge on any atom is 0.154 e. The van der Waals surface area contributed by atoms with E-state index in [9.17, 15) is 0 Å². The van der Waals surface area contributed by atoms with Crippen molar-refractivity contribution in [3.05, 3.63) is 24.2 Å². The van der Waals surface area contributed by atoms with Crippen molar-refractivity contribution in [3.8, 4) is 6.07 Å². The Bertz CT molecular complexity index is 537. The molecule has 0 saturated carbocycles. The number of nitriles is 1. The molecule has 2 rings (SSSR count). The normalized spacial score (nSPS) is 10.3. The Morgan fingerprint density at radius 2 is 2.38 bits per heavy atom. The van der Waals surface area contributed by atoms with Crippen LogP contribution >= 0.6 is 0 Å². The average Bonchev–Trinajstić information content (AvgIpc) is 2.65. The number of hydrogen-bond donors (Lipinski definition) is 0. The molecule has 2 aromatic rings. The SMILES string of the molecule is Cc1cc2c(N(C)CCC#N)nccn2n1. The van der Waals surface area contributed by atoms with Crippen LogP contribution in [0, 0.1) is 18.3 Å². The van der Waals surface area contributed by atoms with E-state index in [1.807, 2.05) is 31.1 Å². The van der Waals surface area contributed by atoms with Crippen LogP contribution in [-0.4, -0.2) is 28.2 Å². The summed E-state index contributed by atoms with van der Waals surface area (Å²) in [6.45, 7) is 2.62. The fourth-order valence-corrected chi connectivity index (χ4v) is 1.65. The Kier molecular flexibility index (Phi) is 2.73. The Labute approximate surface area is 93.9 Å². The summed E-state index contributed by atoms with van der Waals surface area (Å²) in [4.78, 5) is 6.30. The quantitative estimate of drug-likeness (QED) is 0.776. The second kappa shape index (κ2) is 4.19. The fourth-order valence-electron chi connectivity index (χ4n) is 1.65. The van der Waals surface area contributed by atoms with Crippen LogP contribution in [0.5, 0.6) is 0 Å². The van der Waals surface area contributed by atoms with Gasteiger partial charge >= 0.3 is 0 Å². The minimum absolute atomic E-state index is 0.492. The monoisotopic (exact) mass is 215 g/mol. The summed E-state index contributed by atoms with van der Waals surface area (Å²) in [7, 11) is 1.93. The first kappa shape index (κ1) is 10.4. The Morgan fingerprint density at radius 3 is 3.12 bits per heavy atom. The molecule has 0 unspecified atom stereocenters. The Hall–Kier alpha value is -2.09. The van der Waals surface area contributed by atoms with Crippen LogP contribution in [0.1, 0.15) is 12.1 Å².